The Bertz CT molecular complexity index is 472. The molecule has 2 rings (SSSR count). The smallest absolute Gasteiger partial charge is 0.317 e. The third-order valence-electron chi connectivity index (χ3n) is 3.22. The average molecular weight is 282 g/mol. The summed E-state index contributed by atoms with van der Waals surface area (Å²) in [6.45, 7) is 3.60. The molecule has 0 aliphatic carbocycles. The fourth-order valence-electron chi connectivity index (χ4n) is 2.17. The van der Waals surface area contributed by atoms with E-state index in [1.165, 1.54) is 10.4 Å². The SMILES string of the molecule is CC(CNC(=O)N1CCc2sccc2C1)CC(=O)O. The van der Waals surface area contributed by atoms with Gasteiger partial charge in [-0.05, 0) is 29.3 Å². The zero-order valence-corrected chi connectivity index (χ0v) is 11.7. The molecule has 5 nitrogen and oxygen atoms in total. The number of rotatable bonds is 4. The molecule has 1 aromatic heterocycles. The number of carboxylic acids is 1. The Hall–Kier alpha value is -1.56. The van der Waals surface area contributed by atoms with E-state index in [4.69, 9.17) is 5.11 Å². The molecule has 0 saturated heterocycles. The molecule has 19 heavy (non-hydrogen) atoms. The highest BCUT2D eigenvalue weighted by molar-refractivity contribution is 7.10. The molecule has 2 heterocycles. The third kappa shape index (κ3) is 3.70. The quantitative estimate of drug-likeness (QED) is 0.886. The van der Waals surface area contributed by atoms with Crippen LogP contribution in [0.3, 0.4) is 0 Å². The predicted octanol–water partition coefficient (Wildman–Crippen LogP) is 1.93. The van der Waals surface area contributed by atoms with Crippen LogP contribution in [0.1, 0.15) is 23.8 Å². The highest BCUT2D eigenvalue weighted by Crippen LogP contribution is 2.23. The molecule has 0 spiro atoms. The van der Waals surface area contributed by atoms with Crippen molar-refractivity contribution < 1.29 is 14.7 Å². The standard InChI is InChI=1S/C13H18N2O3S/c1-9(6-12(16)17)7-14-13(18)15-4-2-11-10(8-15)3-5-19-11/h3,5,9H,2,4,6-8H2,1H3,(H,14,18)(H,16,17). The molecule has 2 amide bonds. The van der Waals surface area contributed by atoms with Gasteiger partial charge < -0.3 is 15.3 Å². The van der Waals surface area contributed by atoms with Crippen molar-refractivity contribution in [1.82, 2.24) is 10.2 Å². The van der Waals surface area contributed by atoms with Crippen LogP contribution in [-0.4, -0.2) is 35.1 Å². The van der Waals surface area contributed by atoms with Gasteiger partial charge >= 0.3 is 12.0 Å². The average Bonchev–Trinajstić information content (AvgIpc) is 2.82. The number of hydrogen-bond donors (Lipinski definition) is 2. The fraction of sp³-hybridized carbons (Fsp3) is 0.538. The minimum absolute atomic E-state index is 0.0528. The van der Waals surface area contributed by atoms with Gasteiger partial charge in [0.2, 0.25) is 0 Å². The van der Waals surface area contributed by atoms with Gasteiger partial charge in [-0.1, -0.05) is 6.92 Å². The van der Waals surface area contributed by atoms with Crippen LogP contribution < -0.4 is 5.32 Å². The minimum atomic E-state index is -0.831. The molecule has 0 aromatic carbocycles. The number of urea groups is 1. The summed E-state index contributed by atoms with van der Waals surface area (Å²) in [4.78, 5) is 25.7. The summed E-state index contributed by atoms with van der Waals surface area (Å²) in [5.74, 6) is -0.884. The second-order valence-corrected chi connectivity index (χ2v) is 5.93. The van der Waals surface area contributed by atoms with E-state index in [0.29, 0.717) is 13.1 Å². The van der Waals surface area contributed by atoms with E-state index in [9.17, 15) is 9.59 Å². The maximum absolute atomic E-state index is 12.0. The van der Waals surface area contributed by atoms with Crippen LogP contribution in [0.2, 0.25) is 0 Å². The van der Waals surface area contributed by atoms with Crippen molar-refractivity contribution >= 4 is 23.3 Å². The maximum atomic E-state index is 12.0. The van der Waals surface area contributed by atoms with E-state index in [2.05, 4.69) is 16.8 Å². The lowest BCUT2D eigenvalue weighted by Crippen LogP contribution is -2.43. The zero-order chi connectivity index (χ0) is 13.8. The Morgan fingerprint density at radius 3 is 3.11 bits per heavy atom. The zero-order valence-electron chi connectivity index (χ0n) is 10.9. The van der Waals surface area contributed by atoms with E-state index in [-0.39, 0.29) is 18.4 Å². The Balaban J connectivity index is 1.80. The Morgan fingerprint density at radius 1 is 1.58 bits per heavy atom. The van der Waals surface area contributed by atoms with Crippen LogP contribution in [0.5, 0.6) is 0 Å². The summed E-state index contributed by atoms with van der Waals surface area (Å²) >= 11 is 1.74. The fourth-order valence-corrected chi connectivity index (χ4v) is 3.06. The van der Waals surface area contributed by atoms with Crippen LogP contribution in [0.4, 0.5) is 4.79 Å². The van der Waals surface area contributed by atoms with Gasteiger partial charge in [-0.2, -0.15) is 0 Å². The van der Waals surface area contributed by atoms with Gasteiger partial charge in [-0.3, -0.25) is 4.79 Å². The monoisotopic (exact) mass is 282 g/mol. The first-order chi connectivity index (χ1) is 9.06. The second-order valence-electron chi connectivity index (χ2n) is 4.93. The largest absolute Gasteiger partial charge is 0.481 e. The molecular formula is C13H18N2O3S. The number of nitrogens with zero attached hydrogens (tertiary/aromatic N) is 1. The van der Waals surface area contributed by atoms with Gasteiger partial charge in [0.15, 0.2) is 0 Å². The second kappa shape index (κ2) is 6.06. The number of thiophene rings is 1. The minimum Gasteiger partial charge on any atom is -0.481 e. The summed E-state index contributed by atoms with van der Waals surface area (Å²) in [7, 11) is 0. The number of carbonyl (C=O) groups is 2. The molecule has 1 aromatic rings. The van der Waals surface area contributed by atoms with Gasteiger partial charge in [0, 0.05) is 30.9 Å². The van der Waals surface area contributed by atoms with E-state index in [1.807, 2.05) is 6.92 Å². The number of fused-ring (bicyclic) bond motifs is 1. The molecule has 1 aliphatic rings. The molecule has 1 atom stereocenters. The van der Waals surface area contributed by atoms with Gasteiger partial charge in [-0.15, -0.1) is 11.3 Å². The number of amides is 2. The molecule has 2 N–H and O–H groups in total. The first-order valence-corrected chi connectivity index (χ1v) is 7.24. The number of carbonyl (C=O) groups excluding carboxylic acids is 1. The van der Waals surface area contributed by atoms with Crippen LogP contribution in [-0.2, 0) is 17.8 Å². The molecule has 104 valence electrons. The normalized spacial score (nSPS) is 15.7. The van der Waals surface area contributed by atoms with Crippen molar-refractivity contribution in [3.8, 4) is 0 Å². The van der Waals surface area contributed by atoms with Gasteiger partial charge in [0.25, 0.3) is 0 Å². The van der Waals surface area contributed by atoms with E-state index < -0.39 is 5.97 Å². The molecule has 6 heteroatoms. The van der Waals surface area contributed by atoms with Crippen molar-refractivity contribution in [2.45, 2.75) is 26.3 Å². The van der Waals surface area contributed by atoms with Crippen molar-refractivity contribution in [2.24, 2.45) is 5.92 Å². The predicted molar refractivity (Wildman–Crippen MR) is 73.2 cm³/mol. The van der Waals surface area contributed by atoms with Gasteiger partial charge in [0.1, 0.15) is 0 Å². The van der Waals surface area contributed by atoms with E-state index in [1.54, 1.807) is 16.2 Å². The molecule has 0 saturated carbocycles. The summed E-state index contributed by atoms with van der Waals surface area (Å²) in [6, 6.07) is 1.96. The van der Waals surface area contributed by atoms with Gasteiger partial charge in [-0.25, -0.2) is 4.79 Å². The Morgan fingerprint density at radius 2 is 2.37 bits per heavy atom. The summed E-state index contributed by atoms with van der Waals surface area (Å²) < 4.78 is 0. The molecule has 0 radical (unpaired) electrons. The number of carboxylic acid groups (broad SMARTS) is 1. The number of hydrogen-bond acceptors (Lipinski definition) is 3. The van der Waals surface area contributed by atoms with E-state index in [0.717, 1.165) is 13.0 Å². The van der Waals surface area contributed by atoms with E-state index >= 15 is 0 Å². The summed E-state index contributed by atoms with van der Waals surface area (Å²) in [5, 5.41) is 13.5. The van der Waals surface area contributed by atoms with Crippen LogP contribution in [0.25, 0.3) is 0 Å². The summed E-state index contributed by atoms with van der Waals surface area (Å²) in [6.07, 6.45) is 0.986. The first kappa shape index (κ1) is 13.9. The van der Waals surface area contributed by atoms with Crippen LogP contribution in [0.15, 0.2) is 11.4 Å². The van der Waals surface area contributed by atoms with Crippen molar-refractivity contribution in [3.63, 3.8) is 0 Å². The highest BCUT2D eigenvalue weighted by atomic mass is 32.1. The lowest BCUT2D eigenvalue weighted by Gasteiger charge is -2.27. The van der Waals surface area contributed by atoms with Crippen molar-refractivity contribution in [2.75, 3.05) is 13.1 Å². The molecular weight excluding hydrogens is 264 g/mol. The number of aliphatic carboxylic acids is 1. The highest BCUT2D eigenvalue weighted by Gasteiger charge is 2.21. The first-order valence-electron chi connectivity index (χ1n) is 6.36. The number of nitrogens with one attached hydrogen (secondary N) is 1. The lowest BCUT2D eigenvalue weighted by molar-refractivity contribution is -0.137. The molecule has 1 unspecified atom stereocenters. The topological polar surface area (TPSA) is 69.6 Å². The van der Waals surface area contributed by atoms with Crippen molar-refractivity contribution in [3.05, 3.63) is 21.9 Å². The molecule has 1 aliphatic heterocycles. The van der Waals surface area contributed by atoms with Gasteiger partial charge in [0.05, 0.1) is 0 Å². The Labute approximate surface area is 116 Å². The third-order valence-corrected chi connectivity index (χ3v) is 4.24. The lowest BCUT2D eigenvalue weighted by atomic mass is 10.1. The maximum Gasteiger partial charge on any atom is 0.317 e. The molecule has 0 bridgehead atoms. The molecule has 0 fully saturated rings. The van der Waals surface area contributed by atoms with Crippen molar-refractivity contribution in [1.29, 1.82) is 0 Å². The van der Waals surface area contributed by atoms with Crippen LogP contribution in [0, 0.1) is 5.92 Å². The summed E-state index contributed by atoms with van der Waals surface area (Å²) in [5.41, 5.74) is 1.23. The van der Waals surface area contributed by atoms with Crippen LogP contribution >= 0.6 is 11.3 Å². The Kier molecular flexibility index (Phi) is 4.42.